The highest BCUT2D eigenvalue weighted by molar-refractivity contribution is 7.95. The number of sulfonamides is 1. The van der Waals surface area contributed by atoms with E-state index in [2.05, 4.69) is 5.32 Å². The van der Waals surface area contributed by atoms with Crippen molar-refractivity contribution in [3.05, 3.63) is 11.6 Å². The number of rotatable bonds is 3. The third-order valence-electron chi connectivity index (χ3n) is 2.53. The molecule has 0 bridgehead atoms. The van der Waals surface area contributed by atoms with Gasteiger partial charge in [0.2, 0.25) is 10.0 Å². The lowest BCUT2D eigenvalue weighted by Gasteiger charge is -2.27. The maximum Gasteiger partial charge on any atom is 0.247 e. The third kappa shape index (κ3) is 2.57. The monoisotopic (exact) mass is 328 g/mol. The molecule has 1 aliphatic rings. The van der Waals surface area contributed by atoms with Crippen LogP contribution in [0.5, 0.6) is 0 Å². The van der Waals surface area contributed by atoms with Crippen molar-refractivity contribution in [1.82, 2.24) is 5.32 Å². The summed E-state index contributed by atoms with van der Waals surface area (Å²) in [6, 6.07) is -1.41. The molecule has 0 aliphatic carbocycles. The minimum absolute atomic E-state index is 0.110. The Morgan fingerprint density at radius 2 is 2.32 bits per heavy atom. The lowest BCUT2D eigenvalue weighted by atomic mass is 10.1. The fourth-order valence-corrected chi connectivity index (χ4v) is 5.47. The zero-order valence-electron chi connectivity index (χ0n) is 14.2. The van der Waals surface area contributed by atoms with Crippen LogP contribution in [0.1, 0.15) is 37.3 Å². The Morgan fingerprint density at radius 1 is 1.68 bits per heavy atom. The minimum atomic E-state index is -4.53. The summed E-state index contributed by atoms with van der Waals surface area (Å²) >= 11 is 0.333. The molecular formula is C10H16N2O4S3. The quantitative estimate of drug-likeness (QED) is 0.845. The molecule has 0 saturated carbocycles. The third-order valence-corrected chi connectivity index (χ3v) is 7.40. The highest BCUT2D eigenvalue weighted by Crippen LogP contribution is 2.42. The van der Waals surface area contributed by atoms with Gasteiger partial charge < -0.3 is 5.32 Å². The summed E-state index contributed by atoms with van der Waals surface area (Å²) in [5, 5.41) is 4.88. The molecule has 108 valence electrons. The summed E-state index contributed by atoms with van der Waals surface area (Å²) in [6.07, 6.45) is -2.85. The largest absolute Gasteiger partial charge is 0.310 e. The fraction of sp³-hybridized carbons (Fsp3) is 0.600. The first-order valence-electron chi connectivity index (χ1n) is 7.31. The molecule has 19 heavy (non-hydrogen) atoms. The molecule has 0 saturated heterocycles. The molecule has 2 atom stereocenters. The van der Waals surface area contributed by atoms with Crippen LogP contribution in [0.25, 0.3) is 0 Å². The van der Waals surface area contributed by atoms with E-state index in [1.807, 2.05) is 0 Å². The molecule has 6 nitrogen and oxygen atoms in total. The van der Waals surface area contributed by atoms with Gasteiger partial charge in [-0.1, -0.05) is 6.92 Å². The van der Waals surface area contributed by atoms with E-state index in [0.717, 1.165) is 13.0 Å². The van der Waals surface area contributed by atoms with Crippen molar-refractivity contribution in [3.8, 4) is 0 Å². The zero-order valence-corrected chi connectivity index (χ0v) is 12.7. The van der Waals surface area contributed by atoms with Gasteiger partial charge in [-0.15, -0.1) is 11.3 Å². The van der Waals surface area contributed by atoms with Crippen LogP contribution in [0.4, 0.5) is 0 Å². The van der Waals surface area contributed by atoms with Gasteiger partial charge in [0.05, 0.1) is 6.60 Å². The molecule has 1 aromatic rings. The Morgan fingerprint density at radius 3 is 2.84 bits per heavy atom. The van der Waals surface area contributed by atoms with E-state index >= 15 is 0 Å². The average Bonchev–Trinajstić information content (AvgIpc) is 2.83. The number of sulfone groups is 1. The molecule has 9 heteroatoms. The molecule has 0 radical (unpaired) electrons. The van der Waals surface area contributed by atoms with Gasteiger partial charge in [0.1, 0.15) is 8.42 Å². The van der Waals surface area contributed by atoms with Crippen molar-refractivity contribution < 1.29 is 22.3 Å². The van der Waals surface area contributed by atoms with Crippen LogP contribution >= 0.6 is 11.3 Å². The summed E-state index contributed by atoms with van der Waals surface area (Å²) < 4.78 is 80.0. The highest BCUT2D eigenvalue weighted by Gasteiger charge is 2.39. The van der Waals surface area contributed by atoms with Gasteiger partial charge in [-0.25, -0.2) is 22.0 Å². The van der Waals surface area contributed by atoms with Crippen molar-refractivity contribution in [3.63, 3.8) is 0 Å². The van der Waals surface area contributed by atoms with Crippen molar-refractivity contribution in [2.45, 2.75) is 39.9 Å². The first kappa shape index (κ1) is 10.3. The van der Waals surface area contributed by atoms with Gasteiger partial charge in [-0.05, 0) is 25.9 Å². The van der Waals surface area contributed by atoms with Crippen molar-refractivity contribution in [1.29, 1.82) is 0 Å². The van der Waals surface area contributed by atoms with Gasteiger partial charge >= 0.3 is 0 Å². The van der Waals surface area contributed by atoms with Gasteiger partial charge in [-0.2, -0.15) is 0 Å². The summed E-state index contributed by atoms with van der Waals surface area (Å²) in [5.74, 6) is 0. The first-order chi connectivity index (χ1) is 10.1. The Hall–Kier alpha value is -0.480. The number of fused-ring (bicyclic) bond motifs is 1. The number of nitrogens with two attached hydrogens (primary N) is 1. The van der Waals surface area contributed by atoms with Gasteiger partial charge in [0.25, 0.3) is 0 Å². The van der Waals surface area contributed by atoms with Gasteiger partial charge in [-0.3, -0.25) is 0 Å². The van der Waals surface area contributed by atoms with Crippen LogP contribution < -0.4 is 10.5 Å². The Bertz CT molecular complexity index is 863. The molecule has 0 unspecified atom stereocenters. The summed E-state index contributed by atoms with van der Waals surface area (Å²) in [5.41, 5.74) is -0.344. The Kier molecular flexibility index (Phi) is 2.60. The average molecular weight is 328 g/mol. The van der Waals surface area contributed by atoms with Crippen LogP contribution in [-0.2, 0) is 19.9 Å². The van der Waals surface area contributed by atoms with E-state index in [4.69, 9.17) is 10.6 Å². The SMILES string of the molecule is [2H]C1([2H])[C@]([2H])(C)S(=O)(=O)c2sc(S(N)(=O)=O)cc2[C@@]1([2H])NCC. The van der Waals surface area contributed by atoms with E-state index in [1.165, 1.54) is 0 Å². The number of hydrogen-bond donors (Lipinski definition) is 2. The van der Waals surface area contributed by atoms with E-state index in [-0.39, 0.29) is 12.1 Å². The van der Waals surface area contributed by atoms with Crippen molar-refractivity contribution >= 4 is 31.2 Å². The van der Waals surface area contributed by atoms with Crippen molar-refractivity contribution in [2.75, 3.05) is 6.54 Å². The molecule has 2 rings (SSSR count). The molecule has 0 spiro atoms. The summed E-state index contributed by atoms with van der Waals surface area (Å²) in [4.78, 5) is 0. The number of hydrogen-bond acceptors (Lipinski definition) is 6. The summed E-state index contributed by atoms with van der Waals surface area (Å²) in [6.45, 7) is 2.56. The summed E-state index contributed by atoms with van der Waals surface area (Å²) in [7, 11) is -8.75. The van der Waals surface area contributed by atoms with Crippen LogP contribution in [0.15, 0.2) is 14.5 Å². The smallest absolute Gasteiger partial charge is 0.247 e. The maximum atomic E-state index is 12.6. The second-order valence-corrected chi connectivity index (χ2v) is 9.03. The predicted octanol–water partition coefficient (Wildman–Crippen LogP) is 0.612. The van der Waals surface area contributed by atoms with Crippen molar-refractivity contribution in [2.24, 2.45) is 5.14 Å². The topological polar surface area (TPSA) is 106 Å². The standard InChI is InChI=1S/C10H16N2O4S3/c1-3-12-8-4-6(2)18(13,14)10-7(8)5-9(17-10)19(11,15)16/h5-6,8,12H,3-4H2,1-2H3,(H2,11,15,16)/t6-,8-/m0/s1/i4D2,6D,8D. The van der Waals surface area contributed by atoms with E-state index < -0.39 is 45.9 Å². The minimum Gasteiger partial charge on any atom is -0.310 e. The van der Waals surface area contributed by atoms with Crippen LogP contribution in [0.3, 0.4) is 0 Å². The number of primary sulfonamides is 1. The molecular weight excluding hydrogens is 308 g/mol. The highest BCUT2D eigenvalue weighted by atomic mass is 32.3. The molecule has 2 heterocycles. The fourth-order valence-electron chi connectivity index (χ4n) is 1.63. The molecule has 1 aromatic heterocycles. The molecule has 1 aliphatic heterocycles. The van der Waals surface area contributed by atoms with E-state index in [1.54, 1.807) is 6.92 Å². The number of thiophene rings is 1. The van der Waals surface area contributed by atoms with Crippen LogP contribution in [0.2, 0.25) is 0 Å². The molecule has 0 fully saturated rings. The molecule has 0 amide bonds. The van der Waals surface area contributed by atoms with E-state index in [0.29, 0.717) is 11.3 Å². The molecule has 0 aromatic carbocycles. The Labute approximate surface area is 122 Å². The first-order valence-corrected chi connectivity index (χ1v) is 9.16. The lowest BCUT2D eigenvalue weighted by Crippen LogP contribution is -2.33. The molecule has 3 N–H and O–H groups in total. The van der Waals surface area contributed by atoms with Gasteiger partial charge in [0.15, 0.2) is 9.84 Å². The maximum absolute atomic E-state index is 12.6. The Balaban J connectivity index is 2.97. The normalized spacial score (nSPS) is 39.5. The van der Waals surface area contributed by atoms with Crippen LogP contribution in [0, 0.1) is 0 Å². The second-order valence-electron chi connectivity index (χ2n) is 3.90. The van der Waals surface area contributed by atoms with Gasteiger partial charge in [0, 0.05) is 15.7 Å². The number of nitrogens with one attached hydrogen (secondary N) is 1. The lowest BCUT2D eigenvalue weighted by molar-refractivity contribution is 0.477. The zero-order chi connectivity index (χ0) is 18.1. The van der Waals surface area contributed by atoms with Crippen LogP contribution in [-0.4, -0.2) is 28.6 Å². The predicted molar refractivity (Wildman–Crippen MR) is 73.4 cm³/mol. The second kappa shape index (κ2) is 4.81. The van der Waals surface area contributed by atoms with E-state index in [9.17, 15) is 16.8 Å².